The predicted molar refractivity (Wildman–Crippen MR) is 71.4 cm³/mol. The van der Waals surface area contributed by atoms with E-state index in [0.29, 0.717) is 17.3 Å². The number of fused-ring (bicyclic) bond motifs is 1. The van der Waals surface area contributed by atoms with Crippen LogP contribution in [0, 0.1) is 17.6 Å². The SMILES string of the molecule is CC1CC(n2c(C(C)Cl)nc3c(F)cc(F)cc32)C1. The number of hydrogen-bond donors (Lipinski definition) is 0. The minimum absolute atomic E-state index is 0.212. The molecule has 0 saturated heterocycles. The van der Waals surface area contributed by atoms with Crippen molar-refractivity contribution in [2.75, 3.05) is 0 Å². The van der Waals surface area contributed by atoms with Crippen LogP contribution in [0.1, 0.15) is 43.9 Å². The summed E-state index contributed by atoms with van der Waals surface area (Å²) in [4.78, 5) is 4.27. The van der Waals surface area contributed by atoms with Crippen LogP contribution in [0.4, 0.5) is 8.78 Å². The lowest BCUT2D eigenvalue weighted by Gasteiger charge is -2.35. The van der Waals surface area contributed by atoms with Crippen LogP contribution in [-0.2, 0) is 0 Å². The summed E-state index contributed by atoms with van der Waals surface area (Å²) in [6.07, 6.45) is 2.00. The summed E-state index contributed by atoms with van der Waals surface area (Å²) in [5, 5.41) is -0.328. The number of aromatic nitrogens is 2. The van der Waals surface area contributed by atoms with Gasteiger partial charge in [-0.2, -0.15) is 0 Å². The van der Waals surface area contributed by atoms with Crippen LogP contribution >= 0.6 is 11.6 Å². The van der Waals surface area contributed by atoms with Gasteiger partial charge in [-0.1, -0.05) is 6.92 Å². The molecule has 102 valence electrons. The second-order valence-electron chi connectivity index (χ2n) is 5.44. The summed E-state index contributed by atoms with van der Waals surface area (Å²) in [7, 11) is 0. The standard InChI is InChI=1S/C14H15ClF2N2/c1-7-3-10(4-7)19-12-6-9(16)5-11(17)13(12)18-14(19)8(2)15/h5-8,10H,3-4H2,1-2H3. The Bertz CT molecular complexity index is 630. The summed E-state index contributed by atoms with van der Waals surface area (Å²) in [6.45, 7) is 3.97. The van der Waals surface area contributed by atoms with Crippen LogP contribution in [0.25, 0.3) is 11.0 Å². The minimum atomic E-state index is -0.625. The molecule has 2 aromatic rings. The molecule has 0 N–H and O–H groups in total. The Kier molecular flexibility index (Phi) is 3.01. The van der Waals surface area contributed by atoms with E-state index in [-0.39, 0.29) is 16.9 Å². The van der Waals surface area contributed by atoms with Gasteiger partial charge >= 0.3 is 0 Å². The van der Waals surface area contributed by atoms with Gasteiger partial charge in [-0.05, 0) is 31.7 Å². The first kappa shape index (κ1) is 12.9. The van der Waals surface area contributed by atoms with Gasteiger partial charge in [-0.25, -0.2) is 13.8 Å². The lowest BCUT2D eigenvalue weighted by molar-refractivity contribution is 0.216. The zero-order chi connectivity index (χ0) is 13.7. The third-order valence-corrected chi connectivity index (χ3v) is 4.01. The summed E-state index contributed by atoms with van der Waals surface area (Å²) in [5.41, 5.74) is 0.723. The lowest BCUT2D eigenvalue weighted by atomic mass is 9.81. The third-order valence-electron chi connectivity index (χ3n) is 3.81. The van der Waals surface area contributed by atoms with Crippen molar-refractivity contribution < 1.29 is 8.78 Å². The molecule has 1 saturated carbocycles. The van der Waals surface area contributed by atoms with E-state index in [1.807, 2.05) is 4.57 Å². The van der Waals surface area contributed by atoms with Gasteiger partial charge in [0, 0.05) is 12.1 Å². The van der Waals surface area contributed by atoms with Crippen molar-refractivity contribution in [1.82, 2.24) is 9.55 Å². The summed E-state index contributed by atoms with van der Waals surface area (Å²) in [5.74, 6) is 0.0596. The first-order chi connectivity index (χ1) is 8.97. The molecule has 0 bridgehead atoms. The molecule has 3 rings (SSSR count). The average molecular weight is 285 g/mol. The largest absolute Gasteiger partial charge is 0.323 e. The highest BCUT2D eigenvalue weighted by molar-refractivity contribution is 6.20. The number of halogens is 3. The van der Waals surface area contributed by atoms with Gasteiger partial charge < -0.3 is 4.57 Å². The molecule has 0 spiro atoms. The zero-order valence-electron chi connectivity index (χ0n) is 10.8. The van der Waals surface area contributed by atoms with E-state index in [1.54, 1.807) is 6.92 Å². The van der Waals surface area contributed by atoms with Crippen molar-refractivity contribution in [2.24, 2.45) is 5.92 Å². The van der Waals surface area contributed by atoms with Crippen LogP contribution in [0.2, 0.25) is 0 Å². The Morgan fingerprint density at radius 1 is 1.37 bits per heavy atom. The van der Waals surface area contributed by atoms with Gasteiger partial charge in [0.2, 0.25) is 0 Å². The highest BCUT2D eigenvalue weighted by atomic mass is 35.5. The molecule has 1 unspecified atom stereocenters. The van der Waals surface area contributed by atoms with Crippen molar-refractivity contribution in [3.05, 3.63) is 29.6 Å². The van der Waals surface area contributed by atoms with Crippen molar-refractivity contribution in [3.63, 3.8) is 0 Å². The molecule has 19 heavy (non-hydrogen) atoms. The maximum atomic E-state index is 13.8. The van der Waals surface area contributed by atoms with Crippen LogP contribution in [0.15, 0.2) is 12.1 Å². The van der Waals surface area contributed by atoms with Gasteiger partial charge in [0.05, 0.1) is 10.9 Å². The second-order valence-corrected chi connectivity index (χ2v) is 6.10. The zero-order valence-corrected chi connectivity index (χ0v) is 11.6. The number of benzene rings is 1. The Morgan fingerprint density at radius 2 is 2.05 bits per heavy atom. The first-order valence-corrected chi connectivity index (χ1v) is 6.92. The molecule has 1 aliphatic carbocycles. The van der Waals surface area contributed by atoms with Crippen LogP contribution in [0.5, 0.6) is 0 Å². The summed E-state index contributed by atoms with van der Waals surface area (Å²) >= 11 is 6.13. The van der Waals surface area contributed by atoms with Crippen molar-refractivity contribution in [2.45, 2.75) is 38.1 Å². The molecule has 1 aliphatic rings. The molecule has 1 heterocycles. The number of nitrogens with zero attached hydrogens (tertiary/aromatic N) is 2. The average Bonchev–Trinajstić information content (AvgIpc) is 2.64. The Morgan fingerprint density at radius 3 is 2.63 bits per heavy atom. The smallest absolute Gasteiger partial charge is 0.153 e. The molecule has 1 aromatic carbocycles. The van der Waals surface area contributed by atoms with Gasteiger partial charge in [0.15, 0.2) is 5.82 Å². The Hall–Kier alpha value is -1.16. The summed E-state index contributed by atoms with van der Waals surface area (Å²) < 4.78 is 29.2. The van der Waals surface area contributed by atoms with Crippen molar-refractivity contribution in [1.29, 1.82) is 0 Å². The molecule has 1 aromatic heterocycles. The lowest BCUT2D eigenvalue weighted by Crippen LogP contribution is -2.26. The molecule has 0 amide bonds. The normalized spacial score (nSPS) is 24.5. The predicted octanol–water partition coefficient (Wildman–Crippen LogP) is 4.59. The van der Waals surface area contributed by atoms with E-state index < -0.39 is 11.6 Å². The number of alkyl halides is 1. The third kappa shape index (κ3) is 2.02. The monoisotopic (exact) mass is 284 g/mol. The number of rotatable bonds is 2. The topological polar surface area (TPSA) is 17.8 Å². The second kappa shape index (κ2) is 4.44. The molecular weight excluding hydrogens is 270 g/mol. The fourth-order valence-corrected chi connectivity index (χ4v) is 3.03. The van der Waals surface area contributed by atoms with Crippen LogP contribution in [0.3, 0.4) is 0 Å². The molecule has 5 heteroatoms. The Balaban J connectivity index is 2.23. The van der Waals surface area contributed by atoms with E-state index in [4.69, 9.17) is 11.6 Å². The molecular formula is C14H15ClF2N2. The highest BCUT2D eigenvalue weighted by Crippen LogP contribution is 2.42. The maximum absolute atomic E-state index is 13.8. The van der Waals surface area contributed by atoms with E-state index in [1.165, 1.54) is 6.07 Å². The maximum Gasteiger partial charge on any atom is 0.153 e. The van der Waals surface area contributed by atoms with Crippen molar-refractivity contribution in [3.8, 4) is 0 Å². The van der Waals surface area contributed by atoms with Crippen LogP contribution in [-0.4, -0.2) is 9.55 Å². The van der Waals surface area contributed by atoms with E-state index >= 15 is 0 Å². The van der Waals surface area contributed by atoms with Gasteiger partial charge in [-0.3, -0.25) is 0 Å². The number of imidazole rings is 1. The quantitative estimate of drug-likeness (QED) is 0.738. The molecule has 0 aliphatic heterocycles. The fourth-order valence-electron chi connectivity index (χ4n) is 2.87. The van der Waals surface area contributed by atoms with Gasteiger partial charge in [0.1, 0.15) is 17.2 Å². The molecule has 0 radical (unpaired) electrons. The van der Waals surface area contributed by atoms with E-state index in [0.717, 1.165) is 18.9 Å². The van der Waals surface area contributed by atoms with E-state index in [2.05, 4.69) is 11.9 Å². The van der Waals surface area contributed by atoms with E-state index in [9.17, 15) is 8.78 Å². The highest BCUT2D eigenvalue weighted by Gasteiger charge is 2.31. The van der Waals surface area contributed by atoms with Crippen LogP contribution < -0.4 is 0 Å². The fraction of sp³-hybridized carbons (Fsp3) is 0.500. The van der Waals surface area contributed by atoms with Crippen molar-refractivity contribution >= 4 is 22.6 Å². The Labute approximate surface area is 115 Å². The first-order valence-electron chi connectivity index (χ1n) is 6.48. The number of hydrogen-bond acceptors (Lipinski definition) is 1. The summed E-state index contributed by atoms with van der Waals surface area (Å²) in [6, 6.07) is 2.46. The minimum Gasteiger partial charge on any atom is -0.323 e. The van der Waals surface area contributed by atoms with Gasteiger partial charge in [0.25, 0.3) is 0 Å². The molecule has 1 fully saturated rings. The molecule has 1 atom stereocenters. The van der Waals surface area contributed by atoms with Gasteiger partial charge in [-0.15, -0.1) is 11.6 Å². The molecule has 2 nitrogen and oxygen atoms in total.